The SMILES string of the molecule is CCCn1ncnc1[C@@H](C)NC(=O)c1nn(C)cc1Cl. The molecule has 20 heavy (non-hydrogen) atoms. The van der Waals surface area contributed by atoms with Crippen LogP contribution in [0.3, 0.4) is 0 Å². The molecule has 1 amide bonds. The lowest BCUT2D eigenvalue weighted by atomic mass is 10.3. The Morgan fingerprint density at radius 1 is 1.55 bits per heavy atom. The standard InChI is InChI=1S/C12H17ClN6O/c1-4-5-19-11(14-7-15-19)8(2)16-12(20)10-9(13)6-18(3)17-10/h6-8H,4-5H2,1-3H3,(H,16,20)/t8-/m1/s1. The van der Waals surface area contributed by atoms with Crippen LogP contribution < -0.4 is 5.32 Å². The van der Waals surface area contributed by atoms with Crippen molar-refractivity contribution in [3.05, 3.63) is 29.1 Å². The van der Waals surface area contributed by atoms with Crippen molar-refractivity contribution in [2.45, 2.75) is 32.9 Å². The van der Waals surface area contributed by atoms with Crippen molar-refractivity contribution in [3.63, 3.8) is 0 Å². The summed E-state index contributed by atoms with van der Waals surface area (Å²) in [5.74, 6) is 0.390. The molecule has 0 aliphatic heterocycles. The first-order valence-electron chi connectivity index (χ1n) is 6.40. The normalized spacial score (nSPS) is 12.4. The van der Waals surface area contributed by atoms with E-state index in [1.54, 1.807) is 17.9 Å². The van der Waals surface area contributed by atoms with Crippen LogP contribution in [0.25, 0.3) is 0 Å². The van der Waals surface area contributed by atoms with Crippen molar-refractivity contribution in [2.24, 2.45) is 7.05 Å². The number of hydrogen-bond acceptors (Lipinski definition) is 4. The van der Waals surface area contributed by atoms with Crippen LogP contribution in [-0.4, -0.2) is 30.5 Å². The van der Waals surface area contributed by atoms with Crippen molar-refractivity contribution in [1.29, 1.82) is 0 Å². The quantitative estimate of drug-likeness (QED) is 0.908. The molecule has 0 fully saturated rings. The molecule has 108 valence electrons. The van der Waals surface area contributed by atoms with Gasteiger partial charge in [0.2, 0.25) is 0 Å². The maximum Gasteiger partial charge on any atom is 0.273 e. The van der Waals surface area contributed by atoms with Crippen molar-refractivity contribution in [2.75, 3.05) is 0 Å². The third-order valence-corrected chi connectivity index (χ3v) is 3.09. The van der Waals surface area contributed by atoms with E-state index in [1.807, 2.05) is 6.92 Å². The van der Waals surface area contributed by atoms with Crippen molar-refractivity contribution in [3.8, 4) is 0 Å². The fourth-order valence-corrected chi connectivity index (χ4v) is 2.20. The third-order valence-electron chi connectivity index (χ3n) is 2.82. The maximum absolute atomic E-state index is 12.1. The van der Waals surface area contributed by atoms with Gasteiger partial charge in [0, 0.05) is 19.8 Å². The summed E-state index contributed by atoms with van der Waals surface area (Å²) >= 11 is 5.95. The highest BCUT2D eigenvalue weighted by Crippen LogP contribution is 2.15. The largest absolute Gasteiger partial charge is 0.341 e. The highest BCUT2D eigenvalue weighted by molar-refractivity contribution is 6.33. The van der Waals surface area contributed by atoms with Gasteiger partial charge in [-0.25, -0.2) is 9.67 Å². The summed E-state index contributed by atoms with van der Waals surface area (Å²) in [6.07, 6.45) is 4.02. The predicted octanol–water partition coefficient (Wildman–Crippen LogP) is 1.57. The van der Waals surface area contributed by atoms with E-state index in [4.69, 9.17) is 11.6 Å². The summed E-state index contributed by atoms with van der Waals surface area (Å²) in [6, 6.07) is -0.269. The van der Waals surface area contributed by atoms with E-state index >= 15 is 0 Å². The molecule has 8 heteroatoms. The van der Waals surface area contributed by atoms with Gasteiger partial charge < -0.3 is 5.32 Å². The van der Waals surface area contributed by atoms with Crippen LogP contribution in [-0.2, 0) is 13.6 Å². The summed E-state index contributed by atoms with van der Waals surface area (Å²) < 4.78 is 3.28. The molecule has 0 aromatic carbocycles. The molecule has 0 saturated heterocycles. The van der Waals surface area contributed by atoms with Crippen molar-refractivity contribution < 1.29 is 4.79 Å². The molecule has 0 saturated carbocycles. The molecule has 2 rings (SSSR count). The summed E-state index contributed by atoms with van der Waals surface area (Å²) in [4.78, 5) is 16.3. The van der Waals surface area contributed by atoms with Gasteiger partial charge in [0.1, 0.15) is 12.2 Å². The number of nitrogens with zero attached hydrogens (tertiary/aromatic N) is 5. The Labute approximate surface area is 121 Å². The summed E-state index contributed by atoms with van der Waals surface area (Å²) in [7, 11) is 1.71. The highest BCUT2D eigenvalue weighted by Gasteiger charge is 2.20. The lowest BCUT2D eigenvalue weighted by Gasteiger charge is -2.13. The fraction of sp³-hybridized carbons (Fsp3) is 0.500. The number of aromatic nitrogens is 5. The van der Waals surface area contributed by atoms with Crippen LogP contribution >= 0.6 is 11.6 Å². The lowest BCUT2D eigenvalue weighted by molar-refractivity contribution is 0.0931. The van der Waals surface area contributed by atoms with E-state index in [0.29, 0.717) is 10.8 Å². The van der Waals surface area contributed by atoms with E-state index in [1.165, 1.54) is 11.0 Å². The Hall–Kier alpha value is -1.89. The van der Waals surface area contributed by atoms with Gasteiger partial charge in [0.15, 0.2) is 5.69 Å². The van der Waals surface area contributed by atoms with E-state index in [9.17, 15) is 4.79 Å². The van der Waals surface area contributed by atoms with Gasteiger partial charge in [0.05, 0.1) is 11.1 Å². The first-order chi connectivity index (χ1) is 9.52. The number of rotatable bonds is 5. The topological polar surface area (TPSA) is 77.6 Å². The molecule has 2 aromatic rings. The number of carbonyl (C=O) groups excluding carboxylic acids is 1. The van der Waals surface area contributed by atoms with E-state index in [0.717, 1.165) is 13.0 Å². The first kappa shape index (κ1) is 14.5. The Morgan fingerprint density at radius 3 is 2.90 bits per heavy atom. The van der Waals surface area contributed by atoms with E-state index < -0.39 is 0 Å². The van der Waals surface area contributed by atoms with Crippen LogP contribution in [0, 0.1) is 0 Å². The van der Waals surface area contributed by atoms with Crippen molar-refractivity contribution in [1.82, 2.24) is 29.9 Å². The van der Waals surface area contributed by atoms with Crippen LogP contribution in [0.15, 0.2) is 12.5 Å². The number of amides is 1. The molecule has 2 aromatic heterocycles. The summed E-state index contributed by atoms with van der Waals surface area (Å²) in [5.41, 5.74) is 0.211. The number of hydrogen-bond donors (Lipinski definition) is 1. The third kappa shape index (κ3) is 2.98. The molecule has 0 spiro atoms. The number of carbonyl (C=O) groups is 1. The van der Waals surface area contributed by atoms with Gasteiger partial charge in [-0.05, 0) is 13.3 Å². The zero-order valence-electron chi connectivity index (χ0n) is 11.7. The van der Waals surface area contributed by atoms with Gasteiger partial charge in [-0.2, -0.15) is 10.2 Å². The minimum Gasteiger partial charge on any atom is -0.341 e. The second kappa shape index (κ2) is 6.04. The van der Waals surface area contributed by atoms with Crippen LogP contribution in [0.2, 0.25) is 5.02 Å². The average molecular weight is 297 g/mol. The number of nitrogens with one attached hydrogen (secondary N) is 1. The number of aryl methyl sites for hydroxylation is 2. The Bertz CT molecular complexity index is 605. The van der Waals surface area contributed by atoms with Crippen LogP contribution in [0.1, 0.15) is 42.6 Å². The monoisotopic (exact) mass is 296 g/mol. The van der Waals surface area contributed by atoms with Crippen LogP contribution in [0.5, 0.6) is 0 Å². The van der Waals surface area contributed by atoms with Crippen molar-refractivity contribution >= 4 is 17.5 Å². The van der Waals surface area contributed by atoms with Gasteiger partial charge >= 0.3 is 0 Å². The summed E-state index contributed by atoms with van der Waals surface area (Å²) in [5, 5.41) is 11.3. The zero-order chi connectivity index (χ0) is 14.7. The second-order valence-electron chi connectivity index (χ2n) is 4.54. The zero-order valence-corrected chi connectivity index (χ0v) is 12.4. The lowest BCUT2D eigenvalue weighted by Crippen LogP contribution is -2.29. The highest BCUT2D eigenvalue weighted by atomic mass is 35.5. The Balaban J connectivity index is 2.11. The molecule has 0 aliphatic carbocycles. The molecule has 0 unspecified atom stereocenters. The Morgan fingerprint density at radius 2 is 2.30 bits per heavy atom. The Kier molecular flexibility index (Phi) is 4.39. The first-order valence-corrected chi connectivity index (χ1v) is 6.78. The maximum atomic E-state index is 12.1. The molecule has 0 radical (unpaired) electrons. The molecule has 0 aliphatic rings. The van der Waals surface area contributed by atoms with Gasteiger partial charge in [-0.3, -0.25) is 9.48 Å². The second-order valence-corrected chi connectivity index (χ2v) is 4.94. The predicted molar refractivity (Wildman–Crippen MR) is 74.4 cm³/mol. The van der Waals surface area contributed by atoms with Gasteiger partial charge in [0.25, 0.3) is 5.91 Å². The van der Waals surface area contributed by atoms with E-state index in [-0.39, 0.29) is 17.6 Å². The molecule has 1 atom stereocenters. The minimum absolute atomic E-state index is 0.211. The van der Waals surface area contributed by atoms with E-state index in [2.05, 4.69) is 27.4 Å². The molecule has 1 N–H and O–H groups in total. The molecule has 2 heterocycles. The van der Waals surface area contributed by atoms with Gasteiger partial charge in [-0.1, -0.05) is 18.5 Å². The minimum atomic E-state index is -0.325. The molecule has 0 bridgehead atoms. The molecular formula is C12H17ClN6O. The van der Waals surface area contributed by atoms with Gasteiger partial charge in [-0.15, -0.1) is 0 Å². The smallest absolute Gasteiger partial charge is 0.273 e. The molecule has 7 nitrogen and oxygen atoms in total. The number of halogens is 1. The fourth-order valence-electron chi connectivity index (χ4n) is 1.94. The van der Waals surface area contributed by atoms with Crippen LogP contribution in [0.4, 0.5) is 0 Å². The molecular weight excluding hydrogens is 280 g/mol. The summed E-state index contributed by atoms with van der Waals surface area (Å²) in [6.45, 7) is 4.67. The average Bonchev–Trinajstić information content (AvgIpc) is 2.96.